The van der Waals surface area contributed by atoms with Crippen molar-refractivity contribution in [1.29, 1.82) is 0 Å². The molecule has 0 radical (unpaired) electrons. The lowest BCUT2D eigenvalue weighted by Crippen LogP contribution is -2.02. The Morgan fingerprint density at radius 3 is 3.17 bits per heavy atom. The number of rotatable bonds is 1. The molecule has 0 aromatic heterocycles. The zero-order valence-electron chi connectivity index (χ0n) is 6.49. The molecule has 0 saturated heterocycles. The Labute approximate surface area is 70.5 Å². The van der Waals surface area contributed by atoms with Crippen molar-refractivity contribution in [2.24, 2.45) is 0 Å². The van der Waals surface area contributed by atoms with Gasteiger partial charge in [-0.25, -0.2) is 0 Å². The van der Waals surface area contributed by atoms with Gasteiger partial charge in [0.1, 0.15) is 12.4 Å². The average Bonchev–Trinajstić information content (AvgIpc) is 2.17. The van der Waals surface area contributed by atoms with Crippen molar-refractivity contribution in [2.45, 2.75) is 0 Å². The van der Waals surface area contributed by atoms with E-state index in [1.807, 2.05) is 24.3 Å². The highest BCUT2D eigenvalue weighted by Gasteiger charge is 2.08. The minimum absolute atomic E-state index is 0.553. The second kappa shape index (κ2) is 2.81. The zero-order valence-corrected chi connectivity index (χ0v) is 6.49. The van der Waals surface area contributed by atoms with Crippen molar-refractivity contribution < 1.29 is 9.53 Å². The highest BCUT2D eigenvalue weighted by atomic mass is 16.5. The van der Waals surface area contributed by atoms with Crippen molar-refractivity contribution in [1.82, 2.24) is 0 Å². The Hall–Kier alpha value is -1.57. The third-order valence-electron chi connectivity index (χ3n) is 1.82. The maximum atomic E-state index is 10.6. The van der Waals surface area contributed by atoms with Gasteiger partial charge >= 0.3 is 0 Å². The molecule has 2 nitrogen and oxygen atoms in total. The van der Waals surface area contributed by atoms with Crippen molar-refractivity contribution in [3.8, 4) is 5.75 Å². The number of carbonyl (C=O) groups excluding carboxylic acids is 1. The van der Waals surface area contributed by atoms with Gasteiger partial charge in [0, 0.05) is 5.56 Å². The molecule has 0 spiro atoms. The molecule has 1 aliphatic rings. The predicted octanol–water partition coefficient (Wildman–Crippen LogP) is 1.90. The molecule has 2 rings (SSSR count). The molecule has 0 bridgehead atoms. The molecule has 2 heteroatoms. The molecule has 0 unspecified atom stereocenters. The van der Waals surface area contributed by atoms with Crippen LogP contribution >= 0.6 is 0 Å². The van der Waals surface area contributed by atoms with Gasteiger partial charge in [-0.15, -0.1) is 0 Å². The van der Waals surface area contributed by atoms with Gasteiger partial charge in [-0.3, -0.25) is 4.79 Å². The molecule has 0 atom stereocenters. The minimum Gasteiger partial charge on any atom is -0.488 e. The summed E-state index contributed by atoms with van der Waals surface area (Å²) in [5.41, 5.74) is 1.60. The second-order valence-corrected chi connectivity index (χ2v) is 2.60. The number of hydrogen-bond donors (Lipinski definition) is 0. The Morgan fingerprint density at radius 1 is 1.42 bits per heavy atom. The number of ether oxygens (including phenoxy) is 1. The summed E-state index contributed by atoms with van der Waals surface area (Å²) in [6, 6.07) is 5.53. The van der Waals surface area contributed by atoms with Crippen LogP contribution in [0.3, 0.4) is 0 Å². The fourth-order valence-corrected chi connectivity index (χ4v) is 1.27. The van der Waals surface area contributed by atoms with E-state index in [-0.39, 0.29) is 0 Å². The maximum absolute atomic E-state index is 10.6. The van der Waals surface area contributed by atoms with Crippen LogP contribution in [-0.4, -0.2) is 12.9 Å². The topological polar surface area (TPSA) is 26.3 Å². The van der Waals surface area contributed by atoms with Crippen molar-refractivity contribution in [2.75, 3.05) is 6.61 Å². The summed E-state index contributed by atoms with van der Waals surface area (Å²) >= 11 is 0. The van der Waals surface area contributed by atoms with E-state index in [0.29, 0.717) is 17.9 Å². The molecule has 0 N–H and O–H groups in total. The first kappa shape index (κ1) is 7.10. The lowest BCUT2D eigenvalue weighted by molar-refractivity contribution is 0.112. The van der Waals surface area contributed by atoms with Crippen LogP contribution in [0.25, 0.3) is 6.08 Å². The molecule has 0 saturated carbocycles. The largest absolute Gasteiger partial charge is 0.488 e. The smallest absolute Gasteiger partial charge is 0.153 e. The van der Waals surface area contributed by atoms with Gasteiger partial charge in [-0.05, 0) is 12.1 Å². The number of benzene rings is 1. The van der Waals surface area contributed by atoms with Crippen LogP contribution in [0.4, 0.5) is 0 Å². The Balaban J connectivity index is 2.60. The Morgan fingerprint density at radius 2 is 2.33 bits per heavy atom. The van der Waals surface area contributed by atoms with Crippen molar-refractivity contribution in [3.05, 3.63) is 35.4 Å². The second-order valence-electron chi connectivity index (χ2n) is 2.60. The molecular weight excluding hydrogens is 152 g/mol. The van der Waals surface area contributed by atoms with Crippen LogP contribution in [0, 0.1) is 0 Å². The van der Waals surface area contributed by atoms with Gasteiger partial charge in [0.05, 0.1) is 5.56 Å². The summed E-state index contributed by atoms with van der Waals surface area (Å²) < 4.78 is 5.33. The third kappa shape index (κ3) is 1.01. The molecular formula is C10H8O2. The molecule has 60 valence electrons. The van der Waals surface area contributed by atoms with E-state index in [2.05, 4.69) is 0 Å². The normalized spacial score (nSPS) is 13.3. The van der Waals surface area contributed by atoms with Gasteiger partial charge < -0.3 is 4.74 Å². The standard InChI is InChI=1S/C10H8O2/c11-7-9-4-1-3-8-5-2-6-12-10(8)9/h1-5,7H,6H2. The number of carbonyl (C=O) groups is 1. The lowest BCUT2D eigenvalue weighted by atomic mass is 10.1. The van der Waals surface area contributed by atoms with Gasteiger partial charge in [0.15, 0.2) is 6.29 Å². The summed E-state index contributed by atoms with van der Waals surface area (Å²) in [5, 5.41) is 0. The number of fused-ring (bicyclic) bond motifs is 1. The van der Waals surface area contributed by atoms with Crippen molar-refractivity contribution >= 4 is 12.4 Å². The van der Waals surface area contributed by atoms with E-state index in [9.17, 15) is 4.79 Å². The average molecular weight is 160 g/mol. The first-order chi connectivity index (χ1) is 5.92. The Bertz CT molecular complexity index is 340. The summed E-state index contributed by atoms with van der Waals surface area (Å²) in [5.74, 6) is 0.704. The first-order valence-electron chi connectivity index (χ1n) is 3.79. The van der Waals surface area contributed by atoms with Crippen LogP contribution in [0.15, 0.2) is 24.3 Å². The van der Waals surface area contributed by atoms with Crippen LogP contribution in [0.1, 0.15) is 15.9 Å². The van der Waals surface area contributed by atoms with Gasteiger partial charge in [-0.1, -0.05) is 18.2 Å². The monoisotopic (exact) mass is 160 g/mol. The molecule has 1 aromatic carbocycles. The predicted molar refractivity (Wildman–Crippen MR) is 46.4 cm³/mol. The number of aldehydes is 1. The molecule has 0 amide bonds. The van der Waals surface area contributed by atoms with Crippen LogP contribution in [0.2, 0.25) is 0 Å². The fraction of sp³-hybridized carbons (Fsp3) is 0.100. The van der Waals surface area contributed by atoms with Gasteiger partial charge in [0.25, 0.3) is 0 Å². The van der Waals surface area contributed by atoms with Crippen LogP contribution in [0.5, 0.6) is 5.75 Å². The summed E-state index contributed by atoms with van der Waals surface area (Å²) in [6.45, 7) is 0.553. The van der Waals surface area contributed by atoms with Gasteiger partial charge in [0.2, 0.25) is 0 Å². The maximum Gasteiger partial charge on any atom is 0.153 e. The third-order valence-corrected chi connectivity index (χ3v) is 1.82. The molecule has 0 aliphatic carbocycles. The number of hydrogen-bond acceptors (Lipinski definition) is 2. The van der Waals surface area contributed by atoms with E-state index < -0.39 is 0 Å². The van der Waals surface area contributed by atoms with E-state index >= 15 is 0 Å². The van der Waals surface area contributed by atoms with Gasteiger partial charge in [-0.2, -0.15) is 0 Å². The van der Waals surface area contributed by atoms with Crippen LogP contribution < -0.4 is 4.74 Å². The highest BCUT2D eigenvalue weighted by Crippen LogP contribution is 2.26. The number of para-hydroxylation sites is 1. The van der Waals surface area contributed by atoms with E-state index in [1.165, 1.54) is 0 Å². The summed E-state index contributed by atoms with van der Waals surface area (Å²) in [7, 11) is 0. The summed E-state index contributed by atoms with van der Waals surface area (Å²) in [6.07, 6.45) is 4.71. The molecule has 1 heterocycles. The van der Waals surface area contributed by atoms with E-state index in [4.69, 9.17) is 4.74 Å². The zero-order chi connectivity index (χ0) is 8.39. The Kier molecular flexibility index (Phi) is 1.67. The summed E-state index contributed by atoms with van der Waals surface area (Å²) in [4.78, 5) is 10.6. The highest BCUT2D eigenvalue weighted by molar-refractivity contribution is 5.82. The quantitative estimate of drug-likeness (QED) is 0.586. The van der Waals surface area contributed by atoms with Crippen LogP contribution in [-0.2, 0) is 0 Å². The fourth-order valence-electron chi connectivity index (χ4n) is 1.27. The minimum atomic E-state index is 0.553. The van der Waals surface area contributed by atoms with Crippen molar-refractivity contribution in [3.63, 3.8) is 0 Å². The molecule has 1 aromatic rings. The molecule has 0 fully saturated rings. The first-order valence-corrected chi connectivity index (χ1v) is 3.79. The lowest BCUT2D eigenvalue weighted by Gasteiger charge is -2.13. The van der Waals surface area contributed by atoms with E-state index in [1.54, 1.807) is 6.07 Å². The SMILES string of the molecule is O=Cc1cccc2c1OCC=C2. The molecule has 1 aliphatic heterocycles. The molecule has 12 heavy (non-hydrogen) atoms. The van der Waals surface area contributed by atoms with E-state index in [0.717, 1.165) is 11.8 Å².